The van der Waals surface area contributed by atoms with Crippen LogP contribution >= 0.6 is 24.0 Å². The number of carbonyl (C=O) groups excluding carboxylic acids is 3. The van der Waals surface area contributed by atoms with E-state index in [1.165, 1.54) is 0 Å². The van der Waals surface area contributed by atoms with Gasteiger partial charge in [-0.15, -0.1) is 12.4 Å². The third-order valence-corrected chi connectivity index (χ3v) is 6.90. The molecule has 9 nitrogen and oxygen atoms in total. The highest BCUT2D eigenvalue weighted by molar-refractivity contribution is 6.31. The van der Waals surface area contributed by atoms with Crippen molar-refractivity contribution in [2.24, 2.45) is 5.73 Å². The van der Waals surface area contributed by atoms with Crippen molar-refractivity contribution in [3.63, 3.8) is 0 Å². The van der Waals surface area contributed by atoms with Crippen molar-refractivity contribution in [1.82, 2.24) is 25.0 Å². The maximum Gasteiger partial charge on any atom is 0.268 e. The number of nitrogens with two attached hydrogens (primary N) is 1. The van der Waals surface area contributed by atoms with Crippen LogP contribution in [0.25, 0.3) is 10.9 Å². The normalized spacial score (nSPS) is 18.9. The fourth-order valence-corrected chi connectivity index (χ4v) is 4.93. The van der Waals surface area contributed by atoms with Crippen molar-refractivity contribution in [3.8, 4) is 0 Å². The van der Waals surface area contributed by atoms with E-state index in [4.69, 9.17) is 17.3 Å². The Morgan fingerprint density at radius 3 is 2.44 bits per heavy atom. The van der Waals surface area contributed by atoms with Crippen LogP contribution in [-0.2, 0) is 9.59 Å². The van der Waals surface area contributed by atoms with Gasteiger partial charge < -0.3 is 25.8 Å². The molecule has 1 aromatic heterocycles. The molecular formula is C23H32Cl2N6O3. The number of halogens is 2. The topological polar surface area (TPSA) is 115 Å². The Bertz CT molecular complexity index is 1030. The van der Waals surface area contributed by atoms with Crippen LogP contribution in [-0.4, -0.2) is 95.8 Å². The summed E-state index contributed by atoms with van der Waals surface area (Å²) in [6.45, 7) is 4.91. The largest absolute Gasteiger partial charge is 0.370 e. The number of likely N-dealkylation sites (tertiary alicyclic amines) is 1. The number of benzene rings is 1. The maximum atomic E-state index is 13.2. The highest BCUT2D eigenvalue weighted by Crippen LogP contribution is 2.21. The Kier molecular flexibility index (Phi) is 8.81. The van der Waals surface area contributed by atoms with Gasteiger partial charge in [-0.3, -0.25) is 19.3 Å². The van der Waals surface area contributed by atoms with E-state index in [-0.39, 0.29) is 24.7 Å². The van der Waals surface area contributed by atoms with Crippen LogP contribution in [0.2, 0.25) is 5.02 Å². The summed E-state index contributed by atoms with van der Waals surface area (Å²) in [6.07, 6.45) is 2.03. The fourth-order valence-electron chi connectivity index (χ4n) is 4.75. The number of primary amides is 1. The molecule has 2 aromatic rings. The number of aromatic nitrogens is 1. The van der Waals surface area contributed by atoms with Crippen molar-refractivity contribution >= 4 is 52.6 Å². The number of hydrogen-bond acceptors (Lipinski definition) is 5. The molecule has 2 aliphatic heterocycles. The summed E-state index contributed by atoms with van der Waals surface area (Å²) in [5.74, 6) is -1.38. The molecule has 1 atom stereocenters. The highest BCUT2D eigenvalue weighted by atomic mass is 35.5. The first-order valence-corrected chi connectivity index (χ1v) is 11.8. The second kappa shape index (κ2) is 11.4. The fraction of sp³-hybridized carbons (Fsp3) is 0.522. The number of fused-ring (bicyclic) bond motifs is 1. The lowest BCUT2D eigenvalue weighted by atomic mass is 10.0. The molecule has 3 heterocycles. The van der Waals surface area contributed by atoms with Gasteiger partial charge in [0.15, 0.2) is 0 Å². The molecule has 0 bridgehead atoms. The molecule has 2 aliphatic rings. The number of rotatable bonds is 6. The first kappa shape index (κ1) is 26.3. The molecule has 4 N–H and O–H groups in total. The zero-order chi connectivity index (χ0) is 23.5. The Morgan fingerprint density at radius 1 is 1.12 bits per heavy atom. The van der Waals surface area contributed by atoms with Crippen LogP contribution in [0, 0.1) is 0 Å². The molecule has 2 saturated heterocycles. The van der Waals surface area contributed by atoms with E-state index in [0.29, 0.717) is 29.8 Å². The number of piperidine rings is 1. The predicted octanol–water partition coefficient (Wildman–Crippen LogP) is 1.46. The molecule has 0 radical (unpaired) electrons. The quantitative estimate of drug-likeness (QED) is 0.544. The number of carbonyl (C=O) groups is 3. The number of nitrogens with zero attached hydrogens (tertiary/aromatic N) is 3. The Morgan fingerprint density at radius 2 is 1.79 bits per heavy atom. The average Bonchev–Trinajstić information content (AvgIpc) is 3.22. The number of hydrogen-bond donors (Lipinski definition) is 3. The van der Waals surface area contributed by atoms with Gasteiger partial charge in [0.25, 0.3) is 5.91 Å². The second-order valence-electron chi connectivity index (χ2n) is 9.01. The molecule has 34 heavy (non-hydrogen) atoms. The minimum Gasteiger partial charge on any atom is -0.370 e. The zero-order valence-electron chi connectivity index (χ0n) is 19.3. The van der Waals surface area contributed by atoms with E-state index in [0.717, 1.165) is 49.9 Å². The number of aromatic amines is 1. The van der Waals surface area contributed by atoms with E-state index in [2.05, 4.69) is 27.1 Å². The third-order valence-electron chi connectivity index (χ3n) is 6.67. The van der Waals surface area contributed by atoms with Crippen LogP contribution in [0.3, 0.4) is 0 Å². The van der Waals surface area contributed by atoms with E-state index in [9.17, 15) is 14.4 Å². The summed E-state index contributed by atoms with van der Waals surface area (Å²) in [5, 5.41) is 4.05. The minimum absolute atomic E-state index is 0. The van der Waals surface area contributed by atoms with Gasteiger partial charge in [0.1, 0.15) is 11.7 Å². The zero-order valence-corrected chi connectivity index (χ0v) is 20.8. The molecule has 4 rings (SSSR count). The number of amides is 3. The van der Waals surface area contributed by atoms with Gasteiger partial charge in [-0.2, -0.15) is 0 Å². The lowest BCUT2D eigenvalue weighted by Gasteiger charge is -2.42. The summed E-state index contributed by atoms with van der Waals surface area (Å²) in [6, 6.07) is 6.48. The standard InChI is InChI=1S/C23H31ClN6O3.ClH/c1-28-6-4-17(5-7-28)29-8-10-30(11-9-29)23(33)20(14-21(25)31)27-22(32)19-13-15-12-16(24)2-3-18(15)26-19;/h2-3,12-13,17,20,26H,4-11,14H2,1H3,(H2,25,31)(H,27,32);1H/t20-;/m1./s1. The van der Waals surface area contributed by atoms with Crippen LogP contribution in [0.5, 0.6) is 0 Å². The van der Waals surface area contributed by atoms with Crippen LogP contribution in [0.15, 0.2) is 24.3 Å². The minimum atomic E-state index is -1.00. The number of nitrogens with one attached hydrogen (secondary N) is 2. The van der Waals surface area contributed by atoms with Crippen molar-refractivity contribution in [2.45, 2.75) is 31.3 Å². The molecule has 0 aliphatic carbocycles. The van der Waals surface area contributed by atoms with Crippen molar-refractivity contribution in [2.75, 3.05) is 46.3 Å². The lowest BCUT2D eigenvalue weighted by molar-refractivity contribution is -0.137. The molecule has 1 aromatic carbocycles. The molecule has 0 unspecified atom stereocenters. The van der Waals surface area contributed by atoms with Gasteiger partial charge in [0.2, 0.25) is 11.8 Å². The van der Waals surface area contributed by atoms with Crippen LogP contribution < -0.4 is 11.1 Å². The van der Waals surface area contributed by atoms with Gasteiger partial charge in [-0.1, -0.05) is 11.6 Å². The van der Waals surface area contributed by atoms with E-state index in [1.807, 2.05) is 0 Å². The molecule has 186 valence electrons. The molecule has 2 fully saturated rings. The molecule has 11 heteroatoms. The molecular weight excluding hydrogens is 479 g/mol. The molecule has 0 saturated carbocycles. The summed E-state index contributed by atoms with van der Waals surface area (Å²) in [4.78, 5) is 47.2. The Hall–Kier alpha value is -2.33. The smallest absolute Gasteiger partial charge is 0.268 e. The van der Waals surface area contributed by atoms with Crippen molar-refractivity contribution in [3.05, 3.63) is 35.0 Å². The maximum absolute atomic E-state index is 13.2. The molecule has 3 amide bonds. The van der Waals surface area contributed by atoms with Gasteiger partial charge in [-0.05, 0) is 57.2 Å². The summed E-state index contributed by atoms with van der Waals surface area (Å²) in [5.41, 5.74) is 6.44. The van der Waals surface area contributed by atoms with Gasteiger partial charge in [-0.25, -0.2) is 0 Å². The van der Waals surface area contributed by atoms with Crippen molar-refractivity contribution < 1.29 is 14.4 Å². The predicted molar refractivity (Wildman–Crippen MR) is 134 cm³/mol. The van der Waals surface area contributed by atoms with Crippen LogP contribution in [0.1, 0.15) is 29.8 Å². The highest BCUT2D eigenvalue weighted by Gasteiger charge is 2.32. The second-order valence-corrected chi connectivity index (χ2v) is 9.44. The van der Waals surface area contributed by atoms with E-state index >= 15 is 0 Å². The monoisotopic (exact) mass is 510 g/mol. The SMILES string of the molecule is CN1CCC(N2CCN(C(=O)[C@@H](CC(N)=O)NC(=O)c3cc4cc(Cl)ccc4[nH]3)CC2)CC1.Cl. The summed E-state index contributed by atoms with van der Waals surface area (Å²) in [7, 11) is 2.14. The summed E-state index contributed by atoms with van der Waals surface area (Å²) >= 11 is 6.02. The number of H-pyrrole nitrogens is 1. The third kappa shape index (κ3) is 6.21. The first-order valence-electron chi connectivity index (χ1n) is 11.4. The lowest BCUT2D eigenvalue weighted by Crippen LogP contribution is -2.58. The first-order chi connectivity index (χ1) is 15.8. The van der Waals surface area contributed by atoms with Gasteiger partial charge >= 0.3 is 0 Å². The average molecular weight is 511 g/mol. The van der Waals surface area contributed by atoms with E-state index < -0.39 is 17.9 Å². The van der Waals surface area contributed by atoms with Gasteiger partial charge in [0, 0.05) is 48.1 Å². The Labute approximate surface area is 210 Å². The summed E-state index contributed by atoms with van der Waals surface area (Å²) < 4.78 is 0. The van der Waals surface area contributed by atoms with Crippen molar-refractivity contribution in [1.29, 1.82) is 0 Å². The molecule has 0 spiro atoms. The van der Waals surface area contributed by atoms with Crippen LogP contribution in [0.4, 0.5) is 0 Å². The van der Waals surface area contributed by atoms with E-state index in [1.54, 1.807) is 29.2 Å². The van der Waals surface area contributed by atoms with Gasteiger partial charge in [0.05, 0.1) is 6.42 Å². The Balaban J connectivity index is 0.00000324. The number of piperazine rings is 1.